The molecule has 0 saturated carbocycles. The van der Waals surface area contributed by atoms with E-state index >= 15 is 0 Å². The van der Waals surface area contributed by atoms with Crippen LogP contribution in [0.5, 0.6) is 0 Å². The number of anilines is 1. The minimum absolute atomic E-state index is 0.0825. The van der Waals surface area contributed by atoms with Gasteiger partial charge in [-0.2, -0.15) is 0 Å². The van der Waals surface area contributed by atoms with Gasteiger partial charge >= 0.3 is 0 Å². The molecule has 0 spiro atoms. The molecule has 4 atom stereocenters. The molecule has 0 amide bonds. The monoisotopic (exact) mass is 414 g/mol. The van der Waals surface area contributed by atoms with E-state index in [4.69, 9.17) is 4.74 Å². The van der Waals surface area contributed by atoms with Crippen LogP contribution in [-0.2, 0) is 4.74 Å². The van der Waals surface area contributed by atoms with Crippen molar-refractivity contribution in [1.29, 1.82) is 0 Å². The molecule has 9 nitrogen and oxygen atoms in total. The van der Waals surface area contributed by atoms with E-state index in [0.717, 1.165) is 0 Å². The van der Waals surface area contributed by atoms with Gasteiger partial charge in [-0.05, 0) is 31.2 Å². The number of aliphatic hydroxyl groups is 3. The Balaban J connectivity index is 1.86. The fraction of sp³-hybridized carbons (Fsp3) is 0.300. The third-order valence-electron chi connectivity index (χ3n) is 5.09. The topological polar surface area (TPSA) is 133 Å². The Morgan fingerprint density at radius 1 is 1.27 bits per heavy atom. The van der Waals surface area contributed by atoms with Crippen molar-refractivity contribution in [2.45, 2.75) is 31.0 Å². The SMILES string of the molecule is CC1(O)C(O)C(CO)OC1n1cc(C#Cc2ccc(F)cc2)c2c(NO)ncnc21. The van der Waals surface area contributed by atoms with Gasteiger partial charge < -0.3 is 24.6 Å². The third kappa shape index (κ3) is 3.28. The smallest absolute Gasteiger partial charge is 0.167 e. The first-order valence-corrected chi connectivity index (χ1v) is 9.06. The number of ether oxygens (including phenoxy) is 1. The first-order valence-electron chi connectivity index (χ1n) is 9.06. The van der Waals surface area contributed by atoms with E-state index in [2.05, 4.69) is 21.8 Å². The van der Waals surface area contributed by atoms with Crippen molar-refractivity contribution in [3.05, 3.63) is 53.7 Å². The molecule has 30 heavy (non-hydrogen) atoms. The minimum atomic E-state index is -1.74. The molecule has 1 aliphatic heterocycles. The molecule has 4 unspecified atom stereocenters. The van der Waals surface area contributed by atoms with Gasteiger partial charge in [-0.15, -0.1) is 0 Å². The first-order chi connectivity index (χ1) is 14.4. The van der Waals surface area contributed by atoms with Gasteiger partial charge in [-0.1, -0.05) is 11.8 Å². The van der Waals surface area contributed by atoms with Gasteiger partial charge in [0.15, 0.2) is 12.0 Å². The van der Waals surface area contributed by atoms with Crippen molar-refractivity contribution in [2.24, 2.45) is 0 Å². The molecular formula is C20H19FN4O5. The molecule has 1 aromatic carbocycles. The van der Waals surface area contributed by atoms with E-state index in [1.807, 2.05) is 5.48 Å². The summed E-state index contributed by atoms with van der Waals surface area (Å²) < 4.78 is 20.3. The maximum atomic E-state index is 13.1. The van der Waals surface area contributed by atoms with Crippen LogP contribution in [0, 0.1) is 17.7 Å². The summed E-state index contributed by atoms with van der Waals surface area (Å²) in [5, 5.41) is 40.4. The fourth-order valence-corrected chi connectivity index (χ4v) is 3.51. The maximum Gasteiger partial charge on any atom is 0.167 e. The summed E-state index contributed by atoms with van der Waals surface area (Å²) >= 11 is 0. The molecule has 4 rings (SSSR count). The van der Waals surface area contributed by atoms with Gasteiger partial charge in [0.05, 0.1) is 17.6 Å². The molecule has 0 aliphatic carbocycles. The highest BCUT2D eigenvalue weighted by atomic mass is 19.1. The third-order valence-corrected chi connectivity index (χ3v) is 5.09. The summed E-state index contributed by atoms with van der Waals surface area (Å²) in [5.41, 5.74) is 1.49. The Morgan fingerprint density at radius 2 is 2.00 bits per heavy atom. The Hall–Kier alpha value is -3.07. The van der Waals surface area contributed by atoms with Crippen LogP contribution in [0.25, 0.3) is 11.0 Å². The number of hydrogen-bond donors (Lipinski definition) is 5. The van der Waals surface area contributed by atoms with Crippen molar-refractivity contribution in [2.75, 3.05) is 12.1 Å². The summed E-state index contributed by atoms with van der Waals surface area (Å²) in [6, 6.07) is 5.63. The Labute approximate surface area is 170 Å². The van der Waals surface area contributed by atoms with Crippen LogP contribution >= 0.6 is 0 Å². The Bertz CT molecular complexity index is 1140. The largest absolute Gasteiger partial charge is 0.394 e. The normalized spacial score (nSPS) is 25.9. The molecule has 3 aromatic rings. The van der Waals surface area contributed by atoms with Gasteiger partial charge in [-0.25, -0.2) is 14.4 Å². The highest BCUT2D eigenvalue weighted by molar-refractivity contribution is 5.93. The second-order valence-corrected chi connectivity index (χ2v) is 7.12. The van der Waals surface area contributed by atoms with Crippen molar-refractivity contribution in [3.63, 3.8) is 0 Å². The average Bonchev–Trinajstić information content (AvgIpc) is 3.22. The predicted molar refractivity (Wildman–Crippen MR) is 103 cm³/mol. The zero-order chi connectivity index (χ0) is 21.5. The second-order valence-electron chi connectivity index (χ2n) is 7.12. The second kappa shape index (κ2) is 7.64. The molecule has 2 aromatic heterocycles. The number of nitrogens with one attached hydrogen (secondary N) is 1. The van der Waals surface area contributed by atoms with Gasteiger partial charge in [0, 0.05) is 11.8 Å². The number of hydrogen-bond acceptors (Lipinski definition) is 8. The minimum Gasteiger partial charge on any atom is -0.394 e. The van der Waals surface area contributed by atoms with Crippen molar-refractivity contribution < 1.29 is 29.7 Å². The fourth-order valence-electron chi connectivity index (χ4n) is 3.51. The number of aliphatic hydroxyl groups excluding tert-OH is 2. The van der Waals surface area contributed by atoms with Crippen LogP contribution in [0.1, 0.15) is 24.3 Å². The molecule has 3 heterocycles. The number of benzene rings is 1. The van der Waals surface area contributed by atoms with Crippen LogP contribution in [-0.4, -0.2) is 59.5 Å². The maximum absolute atomic E-state index is 13.1. The van der Waals surface area contributed by atoms with Crippen LogP contribution in [0.2, 0.25) is 0 Å². The molecule has 1 saturated heterocycles. The van der Waals surface area contributed by atoms with Crippen LogP contribution in [0.3, 0.4) is 0 Å². The van der Waals surface area contributed by atoms with Gasteiger partial charge in [0.1, 0.15) is 35.6 Å². The quantitative estimate of drug-likeness (QED) is 0.314. The Kier molecular flexibility index (Phi) is 5.15. The van der Waals surface area contributed by atoms with E-state index < -0.39 is 30.6 Å². The number of aromatic nitrogens is 3. The lowest BCUT2D eigenvalue weighted by Crippen LogP contribution is -2.44. The summed E-state index contributed by atoms with van der Waals surface area (Å²) in [4.78, 5) is 8.19. The summed E-state index contributed by atoms with van der Waals surface area (Å²) in [5.74, 6) is 5.53. The summed E-state index contributed by atoms with van der Waals surface area (Å²) in [7, 11) is 0. The van der Waals surface area contributed by atoms with Gasteiger partial charge in [0.25, 0.3) is 0 Å². The van der Waals surface area contributed by atoms with E-state index in [-0.39, 0.29) is 17.3 Å². The predicted octanol–water partition coefficient (Wildman–Crippen LogP) is 0.773. The standard InChI is InChI=1S/C20H19FN4O5/c1-20(28)16(27)14(9-26)30-19(20)25-8-12(5-2-11-3-6-13(21)7-4-11)15-17(24-29)22-10-23-18(15)25/h3-4,6-8,10,14,16,19,26-29H,9H2,1H3,(H,22,23,24). The highest BCUT2D eigenvalue weighted by Crippen LogP contribution is 2.40. The molecule has 5 N–H and O–H groups in total. The van der Waals surface area contributed by atoms with E-state index in [1.165, 1.54) is 42.1 Å². The zero-order valence-corrected chi connectivity index (χ0v) is 15.8. The molecule has 1 aliphatic rings. The molecule has 156 valence electrons. The summed E-state index contributed by atoms with van der Waals surface area (Å²) in [6.07, 6.45) is -0.667. The molecular weight excluding hydrogens is 395 g/mol. The molecule has 1 fully saturated rings. The zero-order valence-electron chi connectivity index (χ0n) is 15.8. The molecule has 0 radical (unpaired) electrons. The average molecular weight is 414 g/mol. The van der Waals surface area contributed by atoms with Crippen molar-refractivity contribution in [1.82, 2.24) is 14.5 Å². The molecule has 10 heteroatoms. The lowest BCUT2D eigenvalue weighted by atomic mass is 9.96. The first kappa shape index (κ1) is 20.2. The van der Waals surface area contributed by atoms with E-state index in [9.17, 15) is 24.9 Å². The van der Waals surface area contributed by atoms with Crippen LogP contribution < -0.4 is 5.48 Å². The van der Waals surface area contributed by atoms with Crippen LogP contribution in [0.15, 0.2) is 36.8 Å². The van der Waals surface area contributed by atoms with Gasteiger partial charge in [-0.3, -0.25) is 10.7 Å². The number of halogens is 1. The van der Waals surface area contributed by atoms with Crippen LogP contribution in [0.4, 0.5) is 10.2 Å². The summed E-state index contributed by atoms with van der Waals surface area (Å²) in [6.45, 7) is 0.906. The van der Waals surface area contributed by atoms with Crippen molar-refractivity contribution >= 4 is 16.9 Å². The van der Waals surface area contributed by atoms with E-state index in [0.29, 0.717) is 16.5 Å². The Morgan fingerprint density at radius 3 is 2.63 bits per heavy atom. The lowest BCUT2D eigenvalue weighted by Gasteiger charge is -2.27. The molecule has 0 bridgehead atoms. The number of nitrogens with zero attached hydrogens (tertiary/aromatic N) is 3. The van der Waals surface area contributed by atoms with E-state index in [1.54, 1.807) is 6.20 Å². The lowest BCUT2D eigenvalue weighted by molar-refractivity contribution is -0.0948. The highest BCUT2D eigenvalue weighted by Gasteiger charge is 2.53. The van der Waals surface area contributed by atoms with Gasteiger partial charge in [0.2, 0.25) is 0 Å². The number of rotatable bonds is 3. The van der Waals surface area contributed by atoms with Crippen molar-refractivity contribution in [3.8, 4) is 11.8 Å². The number of fused-ring (bicyclic) bond motifs is 1.